The highest BCUT2D eigenvalue weighted by Gasteiger charge is 2.43. The van der Waals surface area contributed by atoms with Crippen molar-refractivity contribution in [2.75, 3.05) is 16.8 Å². The van der Waals surface area contributed by atoms with Gasteiger partial charge in [-0.3, -0.25) is 14.7 Å². The molecule has 5 rings (SSSR count). The van der Waals surface area contributed by atoms with Gasteiger partial charge >= 0.3 is 0 Å². The van der Waals surface area contributed by atoms with Crippen LogP contribution in [0.1, 0.15) is 36.7 Å². The van der Waals surface area contributed by atoms with Gasteiger partial charge in [0.05, 0.1) is 27.8 Å². The molecule has 1 aliphatic heterocycles. The summed E-state index contributed by atoms with van der Waals surface area (Å²) in [6.45, 7) is 6.23. The summed E-state index contributed by atoms with van der Waals surface area (Å²) in [4.78, 5) is 34.8. The van der Waals surface area contributed by atoms with Gasteiger partial charge in [-0.05, 0) is 50.6 Å². The standard InChI is InChI=1S/C23H20F2N6O2/c1-4-31-17-9-15-14(8-11(17)23(2,3)22(31)33)27-20(28-15)19-16(10-26-30-19)29-21(32)18-12(24)6-5-7-13(18)25/h5-10H,4H2,1-3H3,(H,26,30)(H,27,28)(H,29,32). The minimum Gasteiger partial charge on any atom is -0.337 e. The first-order chi connectivity index (χ1) is 15.7. The molecule has 3 N–H and O–H groups in total. The van der Waals surface area contributed by atoms with Crippen molar-refractivity contribution in [2.45, 2.75) is 26.2 Å². The molecule has 0 aliphatic carbocycles. The number of aromatic nitrogens is 4. The van der Waals surface area contributed by atoms with Gasteiger partial charge in [0.15, 0.2) is 11.5 Å². The van der Waals surface area contributed by atoms with Crippen LogP contribution in [0.3, 0.4) is 0 Å². The molecule has 0 saturated carbocycles. The van der Waals surface area contributed by atoms with Crippen LogP contribution in [0, 0.1) is 11.6 Å². The summed E-state index contributed by atoms with van der Waals surface area (Å²) >= 11 is 0. The van der Waals surface area contributed by atoms with Crippen LogP contribution < -0.4 is 10.2 Å². The Morgan fingerprint density at radius 2 is 1.94 bits per heavy atom. The molecule has 0 saturated heterocycles. The molecule has 0 unspecified atom stereocenters. The molecule has 2 amide bonds. The molecule has 8 nitrogen and oxygen atoms in total. The summed E-state index contributed by atoms with van der Waals surface area (Å²) < 4.78 is 28.0. The largest absolute Gasteiger partial charge is 0.337 e. The van der Waals surface area contributed by atoms with E-state index >= 15 is 0 Å². The minimum absolute atomic E-state index is 0.0329. The number of rotatable bonds is 4. The van der Waals surface area contributed by atoms with Crippen LogP contribution in [0.25, 0.3) is 22.6 Å². The lowest BCUT2D eigenvalue weighted by molar-refractivity contribution is -0.122. The Kier molecular flexibility index (Phi) is 4.55. The van der Waals surface area contributed by atoms with Crippen molar-refractivity contribution in [3.8, 4) is 11.5 Å². The Labute approximate surface area is 187 Å². The molecule has 0 spiro atoms. The summed E-state index contributed by atoms with van der Waals surface area (Å²) in [5.41, 5.74) is 2.15. The van der Waals surface area contributed by atoms with E-state index in [0.717, 1.165) is 23.4 Å². The minimum atomic E-state index is -0.964. The smallest absolute Gasteiger partial charge is 0.261 e. The Morgan fingerprint density at radius 1 is 1.21 bits per heavy atom. The van der Waals surface area contributed by atoms with Crippen molar-refractivity contribution < 1.29 is 18.4 Å². The van der Waals surface area contributed by atoms with Crippen molar-refractivity contribution in [3.63, 3.8) is 0 Å². The van der Waals surface area contributed by atoms with Crippen LogP contribution in [0.5, 0.6) is 0 Å². The van der Waals surface area contributed by atoms with Crippen LogP contribution in [0.2, 0.25) is 0 Å². The van der Waals surface area contributed by atoms with E-state index in [1.165, 1.54) is 12.3 Å². The number of carbonyl (C=O) groups excluding carboxylic acids is 2. The summed E-state index contributed by atoms with van der Waals surface area (Å²) in [5.74, 6) is -2.49. The first-order valence-corrected chi connectivity index (χ1v) is 10.4. The van der Waals surface area contributed by atoms with Gasteiger partial charge in [0, 0.05) is 12.7 Å². The third-order valence-corrected chi connectivity index (χ3v) is 5.96. The Morgan fingerprint density at radius 3 is 2.64 bits per heavy atom. The van der Waals surface area contributed by atoms with Crippen molar-refractivity contribution in [3.05, 3.63) is 59.3 Å². The number of hydrogen-bond donors (Lipinski definition) is 3. The number of benzene rings is 2. The van der Waals surface area contributed by atoms with Crippen molar-refractivity contribution >= 4 is 34.2 Å². The maximum Gasteiger partial charge on any atom is 0.261 e. The van der Waals surface area contributed by atoms with Crippen LogP contribution in [0.15, 0.2) is 36.5 Å². The lowest BCUT2D eigenvalue weighted by Gasteiger charge is -2.18. The van der Waals surface area contributed by atoms with E-state index in [-0.39, 0.29) is 17.3 Å². The zero-order chi connectivity index (χ0) is 23.5. The summed E-state index contributed by atoms with van der Waals surface area (Å²) in [7, 11) is 0. The third kappa shape index (κ3) is 3.09. The molecular formula is C23H20F2N6O2. The Balaban J connectivity index is 1.53. The number of fused-ring (bicyclic) bond motifs is 2. The van der Waals surface area contributed by atoms with E-state index in [4.69, 9.17) is 0 Å². The molecule has 3 heterocycles. The number of hydrogen-bond acceptors (Lipinski definition) is 4. The van der Waals surface area contributed by atoms with E-state index in [2.05, 4.69) is 25.5 Å². The zero-order valence-corrected chi connectivity index (χ0v) is 18.1. The lowest BCUT2D eigenvalue weighted by Crippen LogP contribution is -2.35. The van der Waals surface area contributed by atoms with Gasteiger partial charge in [0.1, 0.15) is 17.2 Å². The quantitative estimate of drug-likeness (QED) is 0.435. The summed E-state index contributed by atoms with van der Waals surface area (Å²) in [5, 5.41) is 9.27. The molecule has 2 aromatic heterocycles. The van der Waals surface area contributed by atoms with E-state index in [9.17, 15) is 18.4 Å². The number of nitrogens with one attached hydrogen (secondary N) is 3. The average molecular weight is 450 g/mol. The van der Waals surface area contributed by atoms with E-state index in [0.29, 0.717) is 23.4 Å². The third-order valence-electron chi connectivity index (χ3n) is 5.96. The molecule has 10 heteroatoms. The average Bonchev–Trinajstić information content (AvgIpc) is 3.43. The van der Waals surface area contributed by atoms with Crippen LogP contribution in [-0.2, 0) is 10.2 Å². The maximum atomic E-state index is 14.0. The molecule has 2 aromatic carbocycles. The van der Waals surface area contributed by atoms with Gasteiger partial charge < -0.3 is 15.2 Å². The molecule has 0 radical (unpaired) electrons. The number of H-pyrrole nitrogens is 2. The number of nitrogens with zero attached hydrogens (tertiary/aromatic N) is 3. The highest BCUT2D eigenvalue weighted by Crippen LogP contribution is 2.43. The maximum absolute atomic E-state index is 14.0. The second-order valence-electron chi connectivity index (χ2n) is 8.34. The number of halogens is 2. The molecule has 0 fully saturated rings. The number of aromatic amines is 2. The van der Waals surface area contributed by atoms with Gasteiger partial charge in [-0.25, -0.2) is 13.8 Å². The first kappa shape index (κ1) is 20.8. The van der Waals surface area contributed by atoms with Gasteiger partial charge in [-0.2, -0.15) is 5.10 Å². The molecule has 4 aromatic rings. The number of likely N-dealkylation sites (N-methyl/N-ethyl adjacent to an activating group) is 1. The molecule has 0 atom stereocenters. The zero-order valence-electron chi connectivity index (χ0n) is 18.1. The number of carbonyl (C=O) groups is 2. The van der Waals surface area contributed by atoms with Gasteiger partial charge in [0.25, 0.3) is 5.91 Å². The van der Waals surface area contributed by atoms with Crippen LogP contribution >= 0.6 is 0 Å². The molecular weight excluding hydrogens is 430 g/mol. The Hall–Kier alpha value is -4.08. The molecule has 1 aliphatic rings. The van der Waals surface area contributed by atoms with Crippen molar-refractivity contribution in [2.24, 2.45) is 0 Å². The van der Waals surface area contributed by atoms with Crippen molar-refractivity contribution in [1.82, 2.24) is 20.2 Å². The van der Waals surface area contributed by atoms with E-state index < -0.39 is 28.5 Å². The molecule has 33 heavy (non-hydrogen) atoms. The van der Waals surface area contributed by atoms with E-state index in [1.54, 1.807) is 4.90 Å². The highest BCUT2D eigenvalue weighted by atomic mass is 19.1. The van der Waals surface area contributed by atoms with Gasteiger partial charge in [-0.1, -0.05) is 6.07 Å². The lowest BCUT2D eigenvalue weighted by atomic mass is 9.86. The summed E-state index contributed by atoms with van der Waals surface area (Å²) in [6, 6.07) is 6.96. The van der Waals surface area contributed by atoms with Gasteiger partial charge in [-0.15, -0.1) is 0 Å². The molecule has 168 valence electrons. The molecule has 0 bridgehead atoms. The van der Waals surface area contributed by atoms with Crippen LogP contribution in [0.4, 0.5) is 20.2 Å². The normalized spacial score (nSPS) is 14.7. The number of amides is 2. The fraction of sp³-hybridized carbons (Fsp3) is 0.217. The van der Waals surface area contributed by atoms with Crippen LogP contribution in [-0.4, -0.2) is 38.5 Å². The van der Waals surface area contributed by atoms with Gasteiger partial charge in [0.2, 0.25) is 5.91 Å². The number of anilines is 2. The van der Waals surface area contributed by atoms with E-state index in [1.807, 2.05) is 32.9 Å². The SMILES string of the molecule is CCN1C(=O)C(C)(C)c2cc3[nH]c(-c4n[nH]cc4NC(=O)c4c(F)cccc4F)nc3cc21. The van der Waals surface area contributed by atoms with Crippen molar-refractivity contribution in [1.29, 1.82) is 0 Å². The summed E-state index contributed by atoms with van der Waals surface area (Å²) in [6.07, 6.45) is 1.40. The first-order valence-electron chi connectivity index (χ1n) is 10.4. The highest BCUT2D eigenvalue weighted by molar-refractivity contribution is 6.10. The predicted molar refractivity (Wildman–Crippen MR) is 119 cm³/mol. The second-order valence-corrected chi connectivity index (χ2v) is 8.34. The monoisotopic (exact) mass is 450 g/mol. The predicted octanol–water partition coefficient (Wildman–Crippen LogP) is 4.13. The fourth-order valence-corrected chi connectivity index (χ4v) is 4.22. The second kappa shape index (κ2) is 7.22. The topological polar surface area (TPSA) is 107 Å². The Bertz CT molecular complexity index is 1420. The number of imidazole rings is 1. The fourth-order valence-electron chi connectivity index (χ4n) is 4.22.